The summed E-state index contributed by atoms with van der Waals surface area (Å²) in [6.45, 7) is 0.763. The molecule has 0 saturated heterocycles. The smallest absolute Gasteiger partial charge is 0.251 e. The fraction of sp³-hybridized carbons (Fsp3) is 0.364. The van der Waals surface area contributed by atoms with Crippen molar-refractivity contribution in [3.8, 4) is 0 Å². The summed E-state index contributed by atoms with van der Waals surface area (Å²) in [5.74, 6) is -0.200. The molecule has 0 atom stereocenters. The number of benzene rings is 1. The van der Waals surface area contributed by atoms with Gasteiger partial charge in [0.05, 0.1) is 13.2 Å². The Bertz CT molecular complexity index is 368. The molecule has 1 aromatic carbocycles. The summed E-state index contributed by atoms with van der Waals surface area (Å²) in [6, 6.07) is 5.17. The third kappa shape index (κ3) is 3.59. The second-order valence-electron chi connectivity index (χ2n) is 3.21. The molecular weight excluding hydrogens is 274 g/mol. The molecule has 88 valence electrons. The Labute approximate surface area is 103 Å². The van der Waals surface area contributed by atoms with Gasteiger partial charge in [0.25, 0.3) is 5.91 Å². The minimum absolute atomic E-state index is 0.160. The molecule has 0 radical (unpaired) electrons. The van der Waals surface area contributed by atoms with Crippen LogP contribution in [0.3, 0.4) is 0 Å². The van der Waals surface area contributed by atoms with Crippen LogP contribution in [0, 0.1) is 0 Å². The fourth-order valence-electron chi connectivity index (χ4n) is 1.28. The van der Waals surface area contributed by atoms with Crippen molar-refractivity contribution in [2.45, 2.75) is 6.61 Å². The van der Waals surface area contributed by atoms with E-state index in [1.165, 1.54) is 0 Å². The minimum Gasteiger partial charge on any atom is -0.392 e. The zero-order valence-corrected chi connectivity index (χ0v) is 10.6. The van der Waals surface area contributed by atoms with Gasteiger partial charge in [-0.05, 0) is 23.8 Å². The van der Waals surface area contributed by atoms with Crippen molar-refractivity contribution in [1.29, 1.82) is 0 Å². The zero-order chi connectivity index (χ0) is 12.0. The number of carbonyl (C=O) groups is 1. The number of carbonyl (C=O) groups excluding carboxylic acids is 1. The van der Waals surface area contributed by atoms with Crippen LogP contribution < -0.4 is 5.32 Å². The molecule has 16 heavy (non-hydrogen) atoms. The Morgan fingerprint density at radius 2 is 2.31 bits per heavy atom. The molecule has 4 nitrogen and oxygen atoms in total. The second kappa shape index (κ2) is 6.62. The summed E-state index contributed by atoms with van der Waals surface area (Å²) >= 11 is 3.29. The van der Waals surface area contributed by atoms with E-state index in [0.29, 0.717) is 24.3 Å². The number of aliphatic hydroxyl groups is 1. The monoisotopic (exact) mass is 287 g/mol. The summed E-state index contributed by atoms with van der Waals surface area (Å²) in [4.78, 5) is 11.7. The Morgan fingerprint density at radius 3 is 2.94 bits per heavy atom. The maximum Gasteiger partial charge on any atom is 0.251 e. The van der Waals surface area contributed by atoms with Crippen LogP contribution in [-0.2, 0) is 11.3 Å². The van der Waals surface area contributed by atoms with E-state index in [1.807, 2.05) is 0 Å². The average Bonchev–Trinajstić information content (AvgIpc) is 2.29. The normalized spacial score (nSPS) is 10.2. The van der Waals surface area contributed by atoms with Crippen molar-refractivity contribution in [1.82, 2.24) is 5.32 Å². The number of halogens is 1. The zero-order valence-electron chi connectivity index (χ0n) is 9.00. The number of rotatable bonds is 5. The average molecular weight is 288 g/mol. The first kappa shape index (κ1) is 13.2. The van der Waals surface area contributed by atoms with Crippen molar-refractivity contribution in [2.24, 2.45) is 0 Å². The molecule has 0 aliphatic carbocycles. The van der Waals surface area contributed by atoms with Crippen molar-refractivity contribution in [3.63, 3.8) is 0 Å². The summed E-state index contributed by atoms with van der Waals surface area (Å²) < 4.78 is 5.67. The highest BCUT2D eigenvalue weighted by molar-refractivity contribution is 9.10. The molecule has 0 aliphatic rings. The highest BCUT2D eigenvalue weighted by atomic mass is 79.9. The molecule has 0 spiro atoms. The van der Waals surface area contributed by atoms with Gasteiger partial charge in [-0.3, -0.25) is 4.79 Å². The van der Waals surface area contributed by atoms with E-state index in [1.54, 1.807) is 25.3 Å². The third-order valence-corrected chi connectivity index (χ3v) is 2.57. The van der Waals surface area contributed by atoms with Gasteiger partial charge in [-0.2, -0.15) is 0 Å². The highest BCUT2D eigenvalue weighted by Crippen LogP contribution is 2.16. The van der Waals surface area contributed by atoms with E-state index in [0.717, 1.165) is 4.47 Å². The highest BCUT2D eigenvalue weighted by Gasteiger charge is 2.10. The first-order chi connectivity index (χ1) is 7.69. The minimum atomic E-state index is -0.200. The van der Waals surface area contributed by atoms with Crippen molar-refractivity contribution < 1.29 is 14.6 Å². The standard InChI is InChI=1S/C11H14BrNO3/c1-16-5-4-13-11(15)10-3-2-9(12)6-8(10)7-14/h2-3,6,14H,4-5,7H2,1H3,(H,13,15). The van der Waals surface area contributed by atoms with Crippen LogP contribution >= 0.6 is 15.9 Å². The second-order valence-corrected chi connectivity index (χ2v) is 4.12. The van der Waals surface area contributed by atoms with E-state index < -0.39 is 0 Å². The molecule has 0 heterocycles. The van der Waals surface area contributed by atoms with Crippen LogP contribution in [-0.4, -0.2) is 31.3 Å². The molecule has 1 rings (SSSR count). The number of hydrogen-bond acceptors (Lipinski definition) is 3. The van der Waals surface area contributed by atoms with Gasteiger partial charge in [-0.1, -0.05) is 15.9 Å². The molecule has 0 aromatic heterocycles. The molecule has 1 aromatic rings. The quantitative estimate of drug-likeness (QED) is 0.803. The van der Waals surface area contributed by atoms with Gasteiger partial charge >= 0.3 is 0 Å². The molecule has 2 N–H and O–H groups in total. The number of nitrogens with one attached hydrogen (secondary N) is 1. The molecule has 0 fully saturated rings. The molecular formula is C11H14BrNO3. The largest absolute Gasteiger partial charge is 0.392 e. The fourth-order valence-corrected chi connectivity index (χ4v) is 1.68. The molecule has 0 bridgehead atoms. The van der Waals surface area contributed by atoms with Crippen molar-refractivity contribution >= 4 is 21.8 Å². The Hall–Kier alpha value is -0.910. The van der Waals surface area contributed by atoms with Crippen molar-refractivity contribution in [3.05, 3.63) is 33.8 Å². The third-order valence-electron chi connectivity index (χ3n) is 2.07. The first-order valence-corrected chi connectivity index (χ1v) is 5.64. The number of aliphatic hydroxyl groups excluding tert-OH is 1. The molecule has 1 amide bonds. The number of hydrogen-bond donors (Lipinski definition) is 2. The lowest BCUT2D eigenvalue weighted by molar-refractivity contribution is 0.0934. The summed E-state index contributed by atoms with van der Waals surface area (Å²) in [5.41, 5.74) is 1.09. The van der Waals surface area contributed by atoms with Crippen LogP contribution in [0.5, 0.6) is 0 Å². The molecule has 0 aliphatic heterocycles. The molecule has 0 saturated carbocycles. The van der Waals surface area contributed by atoms with E-state index in [2.05, 4.69) is 21.2 Å². The van der Waals surface area contributed by atoms with E-state index in [-0.39, 0.29) is 12.5 Å². The van der Waals surface area contributed by atoms with Gasteiger partial charge in [-0.25, -0.2) is 0 Å². The van der Waals surface area contributed by atoms with E-state index in [4.69, 9.17) is 9.84 Å². The van der Waals surface area contributed by atoms with Crippen LogP contribution in [0.15, 0.2) is 22.7 Å². The van der Waals surface area contributed by atoms with Gasteiger partial charge in [-0.15, -0.1) is 0 Å². The number of amides is 1. The summed E-state index contributed by atoms with van der Waals surface area (Å²) in [5, 5.41) is 11.8. The maximum atomic E-state index is 11.7. The number of ether oxygens (including phenoxy) is 1. The Balaban J connectivity index is 2.74. The topological polar surface area (TPSA) is 58.6 Å². The van der Waals surface area contributed by atoms with E-state index in [9.17, 15) is 4.79 Å². The lowest BCUT2D eigenvalue weighted by atomic mass is 10.1. The summed E-state index contributed by atoms with van der Waals surface area (Å²) in [6.07, 6.45) is 0. The van der Waals surface area contributed by atoms with Crippen LogP contribution in [0.25, 0.3) is 0 Å². The van der Waals surface area contributed by atoms with Gasteiger partial charge in [0.2, 0.25) is 0 Å². The lowest BCUT2D eigenvalue weighted by Gasteiger charge is -2.08. The first-order valence-electron chi connectivity index (χ1n) is 4.85. The van der Waals surface area contributed by atoms with Gasteiger partial charge in [0.15, 0.2) is 0 Å². The molecule has 0 unspecified atom stereocenters. The van der Waals surface area contributed by atoms with Crippen LogP contribution in [0.2, 0.25) is 0 Å². The molecule has 5 heteroatoms. The predicted octanol–water partition coefficient (Wildman–Crippen LogP) is 1.32. The van der Waals surface area contributed by atoms with Gasteiger partial charge < -0.3 is 15.2 Å². The van der Waals surface area contributed by atoms with Crippen molar-refractivity contribution in [2.75, 3.05) is 20.3 Å². The van der Waals surface area contributed by atoms with E-state index >= 15 is 0 Å². The predicted molar refractivity (Wildman–Crippen MR) is 64.3 cm³/mol. The maximum absolute atomic E-state index is 11.7. The van der Waals surface area contributed by atoms with Crippen LogP contribution in [0.1, 0.15) is 15.9 Å². The number of methoxy groups -OCH3 is 1. The Morgan fingerprint density at radius 1 is 1.56 bits per heavy atom. The summed E-state index contributed by atoms with van der Waals surface area (Å²) in [7, 11) is 1.57. The lowest BCUT2D eigenvalue weighted by Crippen LogP contribution is -2.27. The van der Waals surface area contributed by atoms with Crippen LogP contribution in [0.4, 0.5) is 0 Å². The van der Waals surface area contributed by atoms with Gasteiger partial charge in [0, 0.05) is 23.7 Å². The SMILES string of the molecule is COCCNC(=O)c1ccc(Br)cc1CO. The van der Waals surface area contributed by atoms with Gasteiger partial charge in [0.1, 0.15) is 0 Å². The Kier molecular flexibility index (Phi) is 5.45.